The lowest BCUT2D eigenvalue weighted by atomic mass is 10.1. The third kappa shape index (κ3) is 5.96. The van der Waals surface area contributed by atoms with Crippen molar-refractivity contribution in [1.29, 1.82) is 0 Å². The van der Waals surface area contributed by atoms with Gasteiger partial charge in [0, 0.05) is 6.20 Å². The van der Waals surface area contributed by atoms with Gasteiger partial charge in [0.15, 0.2) is 5.11 Å². The van der Waals surface area contributed by atoms with Crippen molar-refractivity contribution in [3.63, 3.8) is 0 Å². The number of hydrogen-bond donors (Lipinski definition) is 2. The van der Waals surface area contributed by atoms with Gasteiger partial charge < -0.3 is 20.1 Å². The van der Waals surface area contributed by atoms with Crippen molar-refractivity contribution in [3.05, 3.63) is 63.8 Å². The molecule has 0 radical (unpaired) electrons. The van der Waals surface area contributed by atoms with E-state index >= 15 is 0 Å². The summed E-state index contributed by atoms with van der Waals surface area (Å²) < 4.78 is 12.1. The third-order valence-corrected chi connectivity index (χ3v) is 6.19. The van der Waals surface area contributed by atoms with Crippen molar-refractivity contribution >= 4 is 51.3 Å². The van der Waals surface area contributed by atoms with Gasteiger partial charge in [-0.1, -0.05) is 24.3 Å². The van der Waals surface area contributed by atoms with Crippen molar-refractivity contribution in [2.75, 3.05) is 23.8 Å². The number of carbonyl (C=O) groups is 2. The lowest BCUT2D eigenvalue weighted by Crippen LogP contribution is -2.20. The van der Waals surface area contributed by atoms with E-state index in [-0.39, 0.29) is 23.9 Å². The number of carbonyl (C=O) groups excluding carboxylic acids is 2. The first-order valence-corrected chi connectivity index (χ1v) is 11.7. The first-order chi connectivity index (χ1) is 15.8. The van der Waals surface area contributed by atoms with Crippen LogP contribution < -0.4 is 10.6 Å². The highest BCUT2D eigenvalue weighted by Gasteiger charge is 2.26. The van der Waals surface area contributed by atoms with E-state index < -0.39 is 11.9 Å². The van der Waals surface area contributed by atoms with E-state index in [0.717, 1.165) is 11.3 Å². The maximum absolute atomic E-state index is 12.5. The summed E-state index contributed by atoms with van der Waals surface area (Å²) in [7, 11) is 0. The molecule has 0 aliphatic carbocycles. The van der Waals surface area contributed by atoms with Crippen LogP contribution >= 0.6 is 23.6 Å². The smallest absolute Gasteiger partial charge is 0.348 e. The zero-order chi connectivity index (χ0) is 24.0. The van der Waals surface area contributed by atoms with Crippen LogP contribution in [0.25, 0.3) is 0 Å². The first-order valence-electron chi connectivity index (χ1n) is 10.5. The zero-order valence-electron chi connectivity index (χ0n) is 18.9. The Morgan fingerprint density at radius 2 is 1.79 bits per heavy atom. The zero-order valence-corrected chi connectivity index (χ0v) is 20.6. The highest BCUT2D eigenvalue weighted by molar-refractivity contribution is 7.80. The van der Waals surface area contributed by atoms with Crippen LogP contribution in [0.4, 0.5) is 10.7 Å². The summed E-state index contributed by atoms with van der Waals surface area (Å²) in [6.45, 7) is 8.28. The summed E-state index contributed by atoms with van der Waals surface area (Å²) in [6, 6.07) is 8.13. The molecular weight excluding hydrogens is 460 g/mol. The van der Waals surface area contributed by atoms with Gasteiger partial charge >= 0.3 is 11.9 Å². The molecule has 3 rings (SSSR count). The minimum atomic E-state index is -0.529. The van der Waals surface area contributed by atoms with Crippen molar-refractivity contribution in [2.45, 2.75) is 34.2 Å². The number of esters is 2. The summed E-state index contributed by atoms with van der Waals surface area (Å²) in [6.07, 6.45) is 3.51. The van der Waals surface area contributed by atoms with Crippen LogP contribution in [0.15, 0.2) is 36.7 Å². The average molecular weight is 487 g/mol. The molecular formula is C23H26N4O4S2. The molecule has 0 unspecified atom stereocenters. The van der Waals surface area contributed by atoms with Crippen molar-refractivity contribution < 1.29 is 19.1 Å². The molecule has 0 aliphatic heterocycles. The van der Waals surface area contributed by atoms with Crippen molar-refractivity contribution in [2.24, 2.45) is 0 Å². The van der Waals surface area contributed by atoms with E-state index in [0.29, 0.717) is 27.7 Å². The monoisotopic (exact) mass is 486 g/mol. The van der Waals surface area contributed by atoms with Gasteiger partial charge in [-0.15, -0.1) is 11.3 Å². The van der Waals surface area contributed by atoms with Crippen LogP contribution in [0.1, 0.15) is 50.6 Å². The van der Waals surface area contributed by atoms with E-state index in [1.54, 1.807) is 27.0 Å². The molecule has 2 aromatic heterocycles. The molecule has 0 atom stereocenters. The average Bonchev–Trinajstić information content (AvgIpc) is 3.33. The Balaban J connectivity index is 1.75. The number of thiophene rings is 1. The topological polar surface area (TPSA) is 94.5 Å². The second kappa shape index (κ2) is 11.1. The van der Waals surface area contributed by atoms with Crippen molar-refractivity contribution in [3.8, 4) is 0 Å². The van der Waals surface area contributed by atoms with Crippen LogP contribution in [-0.2, 0) is 16.0 Å². The first kappa shape index (κ1) is 24.4. The van der Waals surface area contributed by atoms with Gasteiger partial charge in [0.05, 0.1) is 37.2 Å². The highest BCUT2D eigenvalue weighted by atomic mass is 32.1. The predicted octanol–water partition coefficient (Wildman–Crippen LogP) is 4.77. The van der Waals surface area contributed by atoms with Crippen LogP contribution in [-0.4, -0.2) is 40.0 Å². The minimum absolute atomic E-state index is 0.213. The van der Waals surface area contributed by atoms with Gasteiger partial charge in [-0.25, -0.2) is 9.59 Å². The number of rotatable bonds is 8. The number of nitrogens with zero attached hydrogens (tertiary/aromatic N) is 2. The molecule has 8 nitrogen and oxygen atoms in total. The fraction of sp³-hybridized carbons (Fsp3) is 0.304. The SMILES string of the molecule is CCOC(=O)c1sc(NC(=S)Nc2cnn(Cc3ccccc3C)c2)c(C(=O)OCC)c1C. The van der Waals surface area contributed by atoms with E-state index in [4.69, 9.17) is 21.7 Å². The van der Waals surface area contributed by atoms with Gasteiger partial charge in [0.25, 0.3) is 0 Å². The maximum Gasteiger partial charge on any atom is 0.348 e. The van der Waals surface area contributed by atoms with Crippen molar-refractivity contribution in [1.82, 2.24) is 9.78 Å². The van der Waals surface area contributed by atoms with Crippen LogP contribution in [0.5, 0.6) is 0 Å². The molecule has 0 fully saturated rings. The molecule has 0 saturated carbocycles. The van der Waals surface area contributed by atoms with Gasteiger partial charge in [0.1, 0.15) is 9.88 Å². The molecule has 2 heterocycles. The van der Waals surface area contributed by atoms with E-state index in [2.05, 4.69) is 34.8 Å². The number of benzene rings is 1. The van der Waals surface area contributed by atoms with E-state index in [9.17, 15) is 9.59 Å². The lowest BCUT2D eigenvalue weighted by molar-refractivity contribution is 0.0527. The predicted molar refractivity (Wildman–Crippen MR) is 133 cm³/mol. The molecule has 174 valence electrons. The summed E-state index contributed by atoms with van der Waals surface area (Å²) in [5.41, 5.74) is 3.82. The van der Waals surface area contributed by atoms with Crippen LogP contribution in [0.3, 0.4) is 0 Å². The maximum atomic E-state index is 12.5. The Morgan fingerprint density at radius 1 is 1.09 bits per heavy atom. The van der Waals surface area contributed by atoms with Gasteiger partial charge in [-0.05, 0) is 56.6 Å². The van der Waals surface area contributed by atoms with Crippen LogP contribution in [0.2, 0.25) is 0 Å². The van der Waals surface area contributed by atoms with Gasteiger partial charge in [0.2, 0.25) is 0 Å². The molecule has 0 bridgehead atoms. The third-order valence-electron chi connectivity index (χ3n) is 4.80. The molecule has 0 saturated heterocycles. The Labute approximate surface area is 201 Å². The highest BCUT2D eigenvalue weighted by Crippen LogP contribution is 2.34. The molecule has 0 spiro atoms. The Hall–Kier alpha value is -3.24. The van der Waals surface area contributed by atoms with Gasteiger partial charge in [-0.2, -0.15) is 5.10 Å². The molecule has 10 heteroatoms. The number of ether oxygens (including phenoxy) is 2. The van der Waals surface area contributed by atoms with E-state index in [1.807, 2.05) is 23.0 Å². The number of anilines is 2. The Morgan fingerprint density at radius 3 is 2.48 bits per heavy atom. The second-order valence-electron chi connectivity index (χ2n) is 7.13. The lowest BCUT2D eigenvalue weighted by Gasteiger charge is -2.10. The van der Waals surface area contributed by atoms with Crippen LogP contribution in [0, 0.1) is 13.8 Å². The second-order valence-corrected chi connectivity index (χ2v) is 8.56. The fourth-order valence-corrected chi connectivity index (χ4v) is 4.56. The molecule has 3 aromatic rings. The van der Waals surface area contributed by atoms with Gasteiger partial charge in [-0.3, -0.25) is 4.68 Å². The number of nitrogens with one attached hydrogen (secondary N) is 2. The number of aryl methyl sites for hydroxylation is 1. The molecule has 0 amide bonds. The number of hydrogen-bond acceptors (Lipinski definition) is 7. The molecule has 2 N–H and O–H groups in total. The number of aromatic nitrogens is 2. The minimum Gasteiger partial charge on any atom is -0.462 e. The summed E-state index contributed by atoms with van der Waals surface area (Å²) in [5.74, 6) is -1.02. The number of thiocarbonyl (C=S) groups is 1. The standard InChI is InChI=1S/C23H26N4O4S2/c1-5-30-21(28)18-15(4)19(22(29)31-6-2)33-20(18)26-23(32)25-17-11-24-27(13-17)12-16-10-8-7-9-14(16)3/h7-11,13H,5-6,12H2,1-4H3,(H2,25,26,32). The fourth-order valence-electron chi connectivity index (χ4n) is 3.18. The van der Waals surface area contributed by atoms with E-state index in [1.165, 1.54) is 11.1 Å². The quantitative estimate of drug-likeness (QED) is 0.347. The molecule has 0 aliphatic rings. The summed E-state index contributed by atoms with van der Waals surface area (Å²) >= 11 is 6.54. The Kier molecular flexibility index (Phi) is 8.18. The molecule has 33 heavy (non-hydrogen) atoms. The summed E-state index contributed by atoms with van der Waals surface area (Å²) in [4.78, 5) is 25.2. The molecule has 1 aromatic carbocycles. The summed E-state index contributed by atoms with van der Waals surface area (Å²) in [5, 5.41) is 11.1. The largest absolute Gasteiger partial charge is 0.462 e. The normalized spacial score (nSPS) is 10.5. The Bertz CT molecular complexity index is 1170.